The molecule has 1 aromatic carbocycles. The zero-order valence-corrected chi connectivity index (χ0v) is 15.3. The van der Waals surface area contributed by atoms with Gasteiger partial charge in [0.1, 0.15) is 9.84 Å². The lowest BCUT2D eigenvalue weighted by molar-refractivity contribution is 0.245. The number of sulfone groups is 1. The van der Waals surface area contributed by atoms with Crippen molar-refractivity contribution in [2.75, 3.05) is 45.2 Å². The van der Waals surface area contributed by atoms with Gasteiger partial charge in [0.2, 0.25) is 0 Å². The molecule has 0 spiro atoms. The topological polar surface area (TPSA) is 73.8 Å². The Morgan fingerprint density at radius 3 is 2.46 bits per heavy atom. The monoisotopic (exact) mass is 352 g/mol. The van der Waals surface area contributed by atoms with Gasteiger partial charge in [-0.2, -0.15) is 0 Å². The van der Waals surface area contributed by atoms with Crippen LogP contribution in [0.4, 0.5) is 0 Å². The first kappa shape index (κ1) is 18.7. The highest BCUT2D eigenvalue weighted by Crippen LogP contribution is 2.24. The molecule has 2 rings (SSSR count). The van der Waals surface area contributed by atoms with Crippen LogP contribution in [0.1, 0.15) is 24.4 Å². The maximum atomic E-state index is 11.2. The fourth-order valence-electron chi connectivity index (χ4n) is 2.96. The number of guanidine groups is 1. The van der Waals surface area contributed by atoms with E-state index in [0.29, 0.717) is 18.5 Å². The minimum Gasteiger partial charge on any atom is -0.355 e. The first-order chi connectivity index (χ1) is 11.5. The molecule has 1 unspecified atom stereocenters. The van der Waals surface area contributed by atoms with E-state index in [1.165, 1.54) is 24.7 Å². The van der Waals surface area contributed by atoms with Gasteiger partial charge in [-0.05, 0) is 31.5 Å². The van der Waals surface area contributed by atoms with Gasteiger partial charge in [-0.25, -0.2) is 8.42 Å². The summed E-state index contributed by atoms with van der Waals surface area (Å²) in [6.07, 6.45) is 3.72. The molecule has 2 N–H and O–H groups in total. The standard InChI is InChI=1S/C17H28N4O2S/c1-18-17(19-10-13-24(2,22)23)20-14-16(21-11-6-7-12-21)15-8-4-3-5-9-15/h3-5,8-9,16H,6-7,10-14H2,1-2H3,(H2,18,19,20). The van der Waals surface area contributed by atoms with Crippen LogP contribution in [0.2, 0.25) is 0 Å². The summed E-state index contributed by atoms with van der Waals surface area (Å²) in [4.78, 5) is 6.67. The summed E-state index contributed by atoms with van der Waals surface area (Å²) in [6.45, 7) is 3.32. The van der Waals surface area contributed by atoms with E-state index in [1.807, 2.05) is 6.07 Å². The van der Waals surface area contributed by atoms with E-state index in [9.17, 15) is 8.42 Å². The van der Waals surface area contributed by atoms with E-state index < -0.39 is 9.84 Å². The molecular formula is C17H28N4O2S. The number of hydrogen-bond acceptors (Lipinski definition) is 4. The zero-order valence-electron chi connectivity index (χ0n) is 14.5. The van der Waals surface area contributed by atoms with Crippen LogP contribution in [0.25, 0.3) is 0 Å². The lowest BCUT2D eigenvalue weighted by Crippen LogP contribution is -2.43. The number of rotatable bonds is 7. The van der Waals surface area contributed by atoms with Gasteiger partial charge >= 0.3 is 0 Å². The van der Waals surface area contributed by atoms with Crippen molar-refractivity contribution in [3.05, 3.63) is 35.9 Å². The number of likely N-dealkylation sites (tertiary alicyclic amines) is 1. The molecule has 0 aliphatic carbocycles. The van der Waals surface area contributed by atoms with Crippen LogP contribution < -0.4 is 10.6 Å². The van der Waals surface area contributed by atoms with Crippen molar-refractivity contribution in [3.8, 4) is 0 Å². The Morgan fingerprint density at radius 2 is 1.88 bits per heavy atom. The molecule has 0 bridgehead atoms. The summed E-state index contributed by atoms with van der Waals surface area (Å²) in [7, 11) is -1.27. The molecule has 7 heteroatoms. The lowest BCUT2D eigenvalue weighted by Gasteiger charge is -2.29. The Kier molecular flexibility index (Phi) is 7.05. The van der Waals surface area contributed by atoms with E-state index >= 15 is 0 Å². The molecule has 1 aliphatic rings. The minimum absolute atomic E-state index is 0.0991. The number of nitrogens with zero attached hydrogens (tertiary/aromatic N) is 2. The Morgan fingerprint density at radius 1 is 1.21 bits per heavy atom. The molecule has 24 heavy (non-hydrogen) atoms. The van der Waals surface area contributed by atoms with Crippen molar-refractivity contribution in [2.24, 2.45) is 4.99 Å². The summed E-state index contributed by atoms with van der Waals surface area (Å²) >= 11 is 0. The average molecular weight is 353 g/mol. The van der Waals surface area contributed by atoms with Crippen LogP contribution in [0.5, 0.6) is 0 Å². The molecular weight excluding hydrogens is 324 g/mol. The highest BCUT2D eigenvalue weighted by Gasteiger charge is 2.23. The molecule has 1 heterocycles. The van der Waals surface area contributed by atoms with Crippen LogP contribution in [0.15, 0.2) is 35.3 Å². The number of benzene rings is 1. The average Bonchev–Trinajstić information content (AvgIpc) is 3.07. The number of nitrogens with one attached hydrogen (secondary N) is 2. The largest absolute Gasteiger partial charge is 0.355 e. The van der Waals surface area contributed by atoms with Gasteiger partial charge in [0.05, 0.1) is 11.8 Å². The summed E-state index contributed by atoms with van der Waals surface area (Å²) < 4.78 is 22.4. The van der Waals surface area contributed by atoms with Crippen molar-refractivity contribution < 1.29 is 8.42 Å². The zero-order chi connectivity index (χ0) is 17.4. The lowest BCUT2D eigenvalue weighted by atomic mass is 10.1. The fourth-order valence-corrected chi connectivity index (χ4v) is 3.43. The van der Waals surface area contributed by atoms with Gasteiger partial charge in [0.15, 0.2) is 5.96 Å². The van der Waals surface area contributed by atoms with Crippen molar-refractivity contribution >= 4 is 15.8 Å². The van der Waals surface area contributed by atoms with Gasteiger partial charge in [-0.15, -0.1) is 0 Å². The normalized spacial score (nSPS) is 17.7. The van der Waals surface area contributed by atoms with Crippen LogP contribution >= 0.6 is 0 Å². The van der Waals surface area contributed by atoms with Gasteiger partial charge in [-0.1, -0.05) is 30.3 Å². The summed E-state index contributed by atoms with van der Waals surface area (Å²) in [5.74, 6) is 0.737. The van der Waals surface area contributed by atoms with Crippen LogP contribution in [0, 0.1) is 0 Å². The smallest absolute Gasteiger partial charge is 0.191 e. The third-order valence-corrected chi connectivity index (χ3v) is 5.16. The predicted octanol–water partition coefficient (Wildman–Crippen LogP) is 1.03. The maximum absolute atomic E-state index is 11.2. The van der Waals surface area contributed by atoms with Gasteiger partial charge in [0.25, 0.3) is 0 Å². The molecule has 1 saturated heterocycles. The molecule has 1 aromatic rings. The Bertz CT molecular complexity index is 625. The fraction of sp³-hybridized carbons (Fsp3) is 0.588. The third-order valence-electron chi connectivity index (χ3n) is 4.22. The molecule has 0 saturated carbocycles. The van der Waals surface area contributed by atoms with Crippen molar-refractivity contribution in [3.63, 3.8) is 0 Å². The summed E-state index contributed by atoms with van der Waals surface area (Å²) in [6, 6.07) is 10.8. The Balaban J connectivity index is 1.93. The van der Waals surface area contributed by atoms with Crippen molar-refractivity contribution in [2.45, 2.75) is 18.9 Å². The quantitative estimate of drug-likeness (QED) is 0.566. The third kappa shape index (κ3) is 6.13. The number of hydrogen-bond donors (Lipinski definition) is 2. The summed E-state index contributed by atoms with van der Waals surface area (Å²) in [5.41, 5.74) is 1.29. The minimum atomic E-state index is -2.97. The highest BCUT2D eigenvalue weighted by atomic mass is 32.2. The van der Waals surface area contributed by atoms with Gasteiger partial charge < -0.3 is 10.6 Å². The van der Waals surface area contributed by atoms with Crippen LogP contribution in [-0.2, 0) is 9.84 Å². The van der Waals surface area contributed by atoms with E-state index in [2.05, 4.69) is 44.8 Å². The molecule has 6 nitrogen and oxygen atoms in total. The van der Waals surface area contributed by atoms with Crippen LogP contribution in [0.3, 0.4) is 0 Å². The maximum Gasteiger partial charge on any atom is 0.191 e. The van der Waals surface area contributed by atoms with Gasteiger partial charge in [-0.3, -0.25) is 9.89 Å². The molecule has 1 atom stereocenters. The van der Waals surface area contributed by atoms with E-state index in [0.717, 1.165) is 19.6 Å². The number of aliphatic imine (C=N–C) groups is 1. The molecule has 0 aromatic heterocycles. The second-order valence-electron chi connectivity index (χ2n) is 6.18. The SMILES string of the molecule is CN=C(NCCS(C)(=O)=O)NCC(c1ccccc1)N1CCCC1. The van der Waals surface area contributed by atoms with Crippen molar-refractivity contribution in [1.29, 1.82) is 0 Å². The molecule has 0 radical (unpaired) electrons. The van der Waals surface area contributed by atoms with E-state index in [1.54, 1.807) is 7.05 Å². The second-order valence-corrected chi connectivity index (χ2v) is 8.44. The first-order valence-corrected chi connectivity index (χ1v) is 10.5. The Hall–Kier alpha value is -1.60. The van der Waals surface area contributed by atoms with Crippen molar-refractivity contribution in [1.82, 2.24) is 15.5 Å². The van der Waals surface area contributed by atoms with Gasteiger partial charge in [0, 0.05) is 26.4 Å². The second kappa shape index (κ2) is 9.03. The molecule has 0 amide bonds. The van der Waals surface area contributed by atoms with E-state index in [-0.39, 0.29) is 5.75 Å². The molecule has 1 aliphatic heterocycles. The molecule has 134 valence electrons. The van der Waals surface area contributed by atoms with Crippen LogP contribution in [-0.4, -0.2) is 64.5 Å². The Labute approximate surface area is 145 Å². The summed E-state index contributed by atoms with van der Waals surface area (Å²) in [5, 5.41) is 6.40. The molecule has 1 fully saturated rings. The van der Waals surface area contributed by atoms with E-state index in [4.69, 9.17) is 0 Å². The highest BCUT2D eigenvalue weighted by molar-refractivity contribution is 7.90. The predicted molar refractivity (Wildman–Crippen MR) is 99.1 cm³/mol. The first-order valence-electron chi connectivity index (χ1n) is 8.41.